The second-order valence-electron chi connectivity index (χ2n) is 7.35. The number of methoxy groups -OCH3 is 1. The SMILES string of the molecule is COCC1CCC(c2cc(F)c(-c3cc(F)c(OC(F)(F)F)c(F)c3)c(F)c2)CC1. The zero-order valence-corrected chi connectivity index (χ0v) is 16.0. The van der Waals surface area contributed by atoms with E-state index in [-0.39, 0.29) is 5.92 Å². The van der Waals surface area contributed by atoms with E-state index in [1.54, 1.807) is 7.11 Å². The molecule has 3 rings (SSSR count). The van der Waals surface area contributed by atoms with Crippen molar-refractivity contribution in [2.24, 2.45) is 5.92 Å². The zero-order chi connectivity index (χ0) is 22.1. The first kappa shape index (κ1) is 22.4. The molecule has 0 amide bonds. The van der Waals surface area contributed by atoms with Gasteiger partial charge in [0.25, 0.3) is 0 Å². The van der Waals surface area contributed by atoms with Crippen LogP contribution in [0.3, 0.4) is 0 Å². The van der Waals surface area contributed by atoms with Crippen molar-refractivity contribution in [3.05, 3.63) is 53.1 Å². The van der Waals surface area contributed by atoms with E-state index in [9.17, 15) is 30.7 Å². The molecule has 0 aromatic heterocycles. The summed E-state index contributed by atoms with van der Waals surface area (Å²) >= 11 is 0. The van der Waals surface area contributed by atoms with Crippen LogP contribution in [-0.2, 0) is 4.74 Å². The Balaban J connectivity index is 1.88. The number of hydrogen-bond donors (Lipinski definition) is 0. The van der Waals surface area contributed by atoms with Crippen LogP contribution in [0.15, 0.2) is 24.3 Å². The highest BCUT2D eigenvalue weighted by Gasteiger charge is 2.34. The minimum absolute atomic E-state index is 0.0628. The van der Waals surface area contributed by atoms with Crippen molar-refractivity contribution in [1.82, 2.24) is 0 Å². The number of rotatable bonds is 5. The molecule has 0 unspecified atom stereocenters. The Hall–Kier alpha value is -2.29. The molecule has 0 atom stereocenters. The highest BCUT2D eigenvalue weighted by molar-refractivity contribution is 5.66. The molecule has 0 saturated heterocycles. The number of ether oxygens (including phenoxy) is 2. The molecule has 0 bridgehead atoms. The monoisotopic (exact) mass is 436 g/mol. The molecule has 164 valence electrons. The molecule has 9 heteroatoms. The summed E-state index contributed by atoms with van der Waals surface area (Å²) in [4.78, 5) is 0. The summed E-state index contributed by atoms with van der Waals surface area (Å²) in [6, 6.07) is 3.02. The lowest BCUT2D eigenvalue weighted by atomic mass is 9.78. The molecule has 1 fully saturated rings. The van der Waals surface area contributed by atoms with Crippen molar-refractivity contribution in [2.75, 3.05) is 13.7 Å². The van der Waals surface area contributed by atoms with E-state index in [0.717, 1.165) is 37.8 Å². The first-order chi connectivity index (χ1) is 14.1. The molecule has 0 heterocycles. The lowest BCUT2D eigenvalue weighted by Gasteiger charge is -2.28. The van der Waals surface area contributed by atoms with Crippen LogP contribution < -0.4 is 4.74 Å². The maximum Gasteiger partial charge on any atom is 0.573 e. The summed E-state index contributed by atoms with van der Waals surface area (Å²) in [7, 11) is 1.61. The van der Waals surface area contributed by atoms with Gasteiger partial charge in [0.15, 0.2) is 11.6 Å². The average molecular weight is 436 g/mol. The van der Waals surface area contributed by atoms with Gasteiger partial charge in [0.2, 0.25) is 5.75 Å². The van der Waals surface area contributed by atoms with Gasteiger partial charge in [0.05, 0.1) is 5.56 Å². The second-order valence-corrected chi connectivity index (χ2v) is 7.35. The van der Waals surface area contributed by atoms with E-state index < -0.39 is 46.5 Å². The summed E-state index contributed by atoms with van der Waals surface area (Å²) in [6.07, 6.45) is -2.18. The summed E-state index contributed by atoms with van der Waals surface area (Å²) in [6.45, 7) is 0.625. The van der Waals surface area contributed by atoms with Crippen LogP contribution in [-0.4, -0.2) is 20.1 Å². The van der Waals surface area contributed by atoms with Gasteiger partial charge >= 0.3 is 6.36 Å². The number of benzene rings is 2. The largest absolute Gasteiger partial charge is 0.573 e. The maximum atomic E-state index is 14.7. The lowest BCUT2D eigenvalue weighted by molar-refractivity contribution is -0.276. The topological polar surface area (TPSA) is 18.5 Å². The standard InChI is InChI=1S/C21H19F7O2/c1-29-10-11-2-4-12(5-3-11)13-6-15(22)19(16(23)7-13)14-8-17(24)20(18(25)9-14)30-21(26,27)28/h6-9,11-12H,2-5,10H2,1H3. The van der Waals surface area contributed by atoms with E-state index in [2.05, 4.69) is 4.74 Å². The Labute approximate surface area is 168 Å². The zero-order valence-electron chi connectivity index (χ0n) is 16.0. The first-order valence-electron chi connectivity index (χ1n) is 9.32. The Morgan fingerprint density at radius 3 is 1.83 bits per heavy atom. The smallest absolute Gasteiger partial charge is 0.399 e. The minimum Gasteiger partial charge on any atom is -0.399 e. The number of hydrogen-bond acceptors (Lipinski definition) is 2. The van der Waals surface area contributed by atoms with Crippen LogP contribution in [0.1, 0.15) is 37.2 Å². The third-order valence-corrected chi connectivity index (χ3v) is 5.29. The highest BCUT2D eigenvalue weighted by atomic mass is 19.4. The van der Waals surface area contributed by atoms with Crippen LogP contribution in [0.4, 0.5) is 30.7 Å². The van der Waals surface area contributed by atoms with Gasteiger partial charge in [-0.25, -0.2) is 17.6 Å². The van der Waals surface area contributed by atoms with Gasteiger partial charge in [-0.2, -0.15) is 0 Å². The Bertz CT molecular complexity index is 857. The van der Waals surface area contributed by atoms with E-state index in [0.29, 0.717) is 30.2 Å². The maximum absolute atomic E-state index is 14.7. The fourth-order valence-electron chi connectivity index (χ4n) is 3.92. The summed E-state index contributed by atoms with van der Waals surface area (Å²) in [5.74, 6) is -6.89. The highest BCUT2D eigenvalue weighted by Crippen LogP contribution is 2.39. The van der Waals surface area contributed by atoms with Crippen molar-refractivity contribution < 1.29 is 40.2 Å². The fraction of sp³-hybridized carbons (Fsp3) is 0.429. The molecule has 2 nitrogen and oxygen atoms in total. The van der Waals surface area contributed by atoms with Crippen molar-refractivity contribution in [3.63, 3.8) is 0 Å². The van der Waals surface area contributed by atoms with Crippen molar-refractivity contribution in [3.8, 4) is 16.9 Å². The quantitative estimate of drug-likeness (QED) is 0.484. The molecular formula is C21H19F7O2. The van der Waals surface area contributed by atoms with Gasteiger partial charge in [-0.1, -0.05) is 0 Å². The molecule has 1 saturated carbocycles. The summed E-state index contributed by atoms with van der Waals surface area (Å²) in [5.41, 5.74) is -0.851. The minimum atomic E-state index is -5.32. The van der Waals surface area contributed by atoms with Crippen LogP contribution in [0.2, 0.25) is 0 Å². The van der Waals surface area contributed by atoms with E-state index in [1.165, 1.54) is 0 Å². The first-order valence-corrected chi connectivity index (χ1v) is 9.32. The number of alkyl halides is 3. The average Bonchev–Trinajstić information content (AvgIpc) is 2.64. The second kappa shape index (κ2) is 8.83. The van der Waals surface area contributed by atoms with Gasteiger partial charge in [-0.15, -0.1) is 13.2 Å². The van der Waals surface area contributed by atoms with E-state index in [4.69, 9.17) is 4.74 Å². The molecule has 0 N–H and O–H groups in total. The molecule has 1 aliphatic carbocycles. The van der Waals surface area contributed by atoms with E-state index >= 15 is 0 Å². The molecule has 0 radical (unpaired) electrons. The number of halogens is 7. The van der Waals surface area contributed by atoms with Crippen molar-refractivity contribution >= 4 is 0 Å². The fourth-order valence-corrected chi connectivity index (χ4v) is 3.92. The molecular weight excluding hydrogens is 417 g/mol. The Morgan fingerprint density at radius 1 is 0.833 bits per heavy atom. The van der Waals surface area contributed by atoms with Crippen molar-refractivity contribution in [1.29, 1.82) is 0 Å². The third-order valence-electron chi connectivity index (χ3n) is 5.29. The van der Waals surface area contributed by atoms with Crippen LogP contribution in [0.5, 0.6) is 5.75 Å². The van der Waals surface area contributed by atoms with Crippen LogP contribution in [0, 0.1) is 29.2 Å². The predicted molar refractivity (Wildman–Crippen MR) is 95.0 cm³/mol. The molecule has 0 spiro atoms. The molecule has 30 heavy (non-hydrogen) atoms. The Morgan fingerprint density at radius 2 is 1.37 bits per heavy atom. The van der Waals surface area contributed by atoms with Gasteiger partial charge in [0.1, 0.15) is 11.6 Å². The predicted octanol–water partition coefficient (Wildman–Crippen LogP) is 6.73. The molecule has 0 aliphatic heterocycles. The van der Waals surface area contributed by atoms with Crippen molar-refractivity contribution in [2.45, 2.75) is 38.0 Å². The molecule has 1 aliphatic rings. The van der Waals surface area contributed by atoms with Gasteiger partial charge in [0, 0.05) is 13.7 Å². The molecule has 2 aromatic carbocycles. The third kappa shape index (κ3) is 5.06. The van der Waals surface area contributed by atoms with Gasteiger partial charge < -0.3 is 9.47 Å². The normalized spacial score (nSPS) is 19.7. The Kier molecular flexibility index (Phi) is 6.59. The molecule has 2 aromatic rings. The lowest BCUT2D eigenvalue weighted by Crippen LogP contribution is -2.19. The summed E-state index contributed by atoms with van der Waals surface area (Å²) < 4.78 is 102. The van der Waals surface area contributed by atoms with Gasteiger partial charge in [-0.05, 0) is 72.9 Å². The van der Waals surface area contributed by atoms with Crippen LogP contribution >= 0.6 is 0 Å². The van der Waals surface area contributed by atoms with Crippen LogP contribution in [0.25, 0.3) is 11.1 Å². The van der Waals surface area contributed by atoms with Gasteiger partial charge in [-0.3, -0.25) is 0 Å². The van der Waals surface area contributed by atoms with E-state index in [1.807, 2.05) is 0 Å². The summed E-state index contributed by atoms with van der Waals surface area (Å²) in [5, 5.41) is 0.